The molecule has 0 spiro atoms. The summed E-state index contributed by atoms with van der Waals surface area (Å²) in [6.07, 6.45) is 0. The molecule has 0 bridgehead atoms. The molecule has 1 atom stereocenters. The van der Waals surface area contributed by atoms with Crippen LogP contribution in [0.15, 0.2) is 56.6 Å². The van der Waals surface area contributed by atoms with Crippen molar-refractivity contribution in [2.45, 2.75) is 10.9 Å². The number of aromatic nitrogens is 1. The van der Waals surface area contributed by atoms with Crippen LogP contribution in [0.1, 0.15) is 11.6 Å². The van der Waals surface area contributed by atoms with E-state index in [9.17, 15) is 27.5 Å². The van der Waals surface area contributed by atoms with Gasteiger partial charge in [0.05, 0.1) is 10.4 Å². The normalized spacial score (nSPS) is 13.0. The van der Waals surface area contributed by atoms with Crippen molar-refractivity contribution >= 4 is 27.1 Å². The number of aliphatic carboxylic acids is 1. The van der Waals surface area contributed by atoms with Crippen molar-refractivity contribution in [2.75, 3.05) is 0 Å². The third-order valence-corrected chi connectivity index (χ3v) is 4.85. The first-order chi connectivity index (χ1) is 11.8. The van der Waals surface area contributed by atoms with Gasteiger partial charge in [-0.25, -0.2) is 17.6 Å². The van der Waals surface area contributed by atoms with Gasteiger partial charge in [-0.15, -0.1) is 0 Å². The summed E-state index contributed by atoms with van der Waals surface area (Å²) in [5, 5.41) is 9.30. The lowest BCUT2D eigenvalue weighted by atomic mass is 10.1. The lowest BCUT2D eigenvalue weighted by Crippen LogP contribution is -2.33. The molecule has 0 fully saturated rings. The molecule has 1 heterocycles. The zero-order valence-corrected chi connectivity index (χ0v) is 13.2. The third-order valence-electron chi connectivity index (χ3n) is 3.43. The number of fused-ring (bicyclic) bond motifs is 1. The zero-order valence-electron chi connectivity index (χ0n) is 12.4. The van der Waals surface area contributed by atoms with Gasteiger partial charge >= 0.3 is 11.7 Å². The van der Waals surface area contributed by atoms with Crippen molar-refractivity contribution in [3.8, 4) is 0 Å². The molecule has 0 aliphatic heterocycles. The molecule has 1 aromatic heterocycles. The molecular formula is C15H11FN2O6S. The molecule has 0 saturated heterocycles. The van der Waals surface area contributed by atoms with E-state index in [0.717, 1.165) is 18.2 Å². The number of halogens is 1. The van der Waals surface area contributed by atoms with Gasteiger partial charge in [-0.3, -0.25) is 9.78 Å². The predicted octanol–water partition coefficient (Wildman–Crippen LogP) is 1.36. The van der Waals surface area contributed by atoms with E-state index < -0.39 is 33.6 Å². The Balaban J connectivity index is 1.97. The second-order valence-corrected chi connectivity index (χ2v) is 6.83. The fraction of sp³-hybridized carbons (Fsp3) is 0.0667. The van der Waals surface area contributed by atoms with Gasteiger partial charge in [-0.1, -0.05) is 12.1 Å². The maximum Gasteiger partial charge on any atom is 0.417 e. The monoisotopic (exact) mass is 366 g/mol. The van der Waals surface area contributed by atoms with E-state index >= 15 is 0 Å². The number of hydrogen-bond donors (Lipinski definition) is 3. The summed E-state index contributed by atoms with van der Waals surface area (Å²) < 4.78 is 44.7. The molecule has 0 radical (unpaired) electrons. The van der Waals surface area contributed by atoms with Gasteiger partial charge in [0, 0.05) is 6.07 Å². The molecule has 3 rings (SSSR count). The average molecular weight is 366 g/mol. The summed E-state index contributed by atoms with van der Waals surface area (Å²) in [4.78, 5) is 24.6. The van der Waals surface area contributed by atoms with Gasteiger partial charge < -0.3 is 9.52 Å². The van der Waals surface area contributed by atoms with Crippen LogP contribution < -0.4 is 10.5 Å². The highest BCUT2D eigenvalue weighted by Gasteiger charge is 2.27. The van der Waals surface area contributed by atoms with E-state index in [-0.39, 0.29) is 16.0 Å². The molecule has 0 aliphatic rings. The first-order valence-electron chi connectivity index (χ1n) is 6.90. The molecule has 0 amide bonds. The van der Waals surface area contributed by atoms with Crippen LogP contribution in [-0.2, 0) is 14.8 Å². The highest BCUT2D eigenvalue weighted by molar-refractivity contribution is 7.89. The van der Waals surface area contributed by atoms with Crippen molar-refractivity contribution in [3.63, 3.8) is 0 Å². The first-order valence-corrected chi connectivity index (χ1v) is 8.38. The minimum Gasteiger partial charge on any atom is -0.480 e. The number of nitrogens with one attached hydrogen (secondary N) is 2. The van der Waals surface area contributed by atoms with E-state index in [0.29, 0.717) is 5.52 Å². The molecule has 130 valence electrons. The largest absolute Gasteiger partial charge is 0.480 e. The zero-order chi connectivity index (χ0) is 18.2. The van der Waals surface area contributed by atoms with E-state index in [1.807, 2.05) is 4.72 Å². The van der Waals surface area contributed by atoms with Crippen LogP contribution in [0.3, 0.4) is 0 Å². The minimum absolute atomic E-state index is 0.0153. The van der Waals surface area contributed by atoms with Crippen molar-refractivity contribution in [3.05, 3.63) is 64.4 Å². The average Bonchev–Trinajstić information content (AvgIpc) is 2.92. The van der Waals surface area contributed by atoms with Crippen molar-refractivity contribution in [1.82, 2.24) is 9.71 Å². The Bertz CT molecular complexity index is 1100. The van der Waals surface area contributed by atoms with Crippen LogP contribution in [0, 0.1) is 5.82 Å². The number of oxazole rings is 1. The smallest absolute Gasteiger partial charge is 0.417 e. The Hall–Kier alpha value is -2.98. The Labute approximate surface area is 140 Å². The number of benzene rings is 2. The maximum atomic E-state index is 13.0. The predicted molar refractivity (Wildman–Crippen MR) is 83.9 cm³/mol. The summed E-state index contributed by atoms with van der Waals surface area (Å²) in [5.74, 6) is -2.78. The summed E-state index contributed by atoms with van der Waals surface area (Å²) in [5.41, 5.74) is 0.380. The quantitative estimate of drug-likeness (QED) is 0.625. The number of carbonyl (C=O) groups is 1. The number of aromatic amines is 1. The molecule has 10 heteroatoms. The van der Waals surface area contributed by atoms with E-state index in [4.69, 9.17) is 4.42 Å². The SMILES string of the molecule is O=C(O)C(NS(=O)(=O)c1ccc2[nH]c(=O)oc2c1)c1ccc(F)cc1. The number of hydrogen-bond acceptors (Lipinski definition) is 5. The number of carboxylic acids is 1. The third kappa shape index (κ3) is 3.44. The molecule has 3 aromatic rings. The Morgan fingerprint density at radius 2 is 1.88 bits per heavy atom. The van der Waals surface area contributed by atoms with Crippen LogP contribution in [0.2, 0.25) is 0 Å². The van der Waals surface area contributed by atoms with Gasteiger partial charge in [-0.05, 0) is 29.8 Å². The number of H-pyrrole nitrogens is 1. The summed E-state index contributed by atoms with van der Waals surface area (Å²) in [7, 11) is -4.25. The summed E-state index contributed by atoms with van der Waals surface area (Å²) >= 11 is 0. The number of carboxylic acid groups (broad SMARTS) is 1. The Morgan fingerprint density at radius 1 is 1.20 bits per heavy atom. The van der Waals surface area contributed by atoms with Gasteiger partial charge in [0.2, 0.25) is 10.0 Å². The number of sulfonamides is 1. The van der Waals surface area contributed by atoms with Gasteiger partial charge in [0.1, 0.15) is 11.9 Å². The van der Waals surface area contributed by atoms with E-state index in [1.165, 1.54) is 24.3 Å². The highest BCUT2D eigenvalue weighted by atomic mass is 32.2. The van der Waals surface area contributed by atoms with Crippen LogP contribution in [0.4, 0.5) is 4.39 Å². The Kier molecular flexibility index (Phi) is 4.15. The highest BCUT2D eigenvalue weighted by Crippen LogP contribution is 2.21. The van der Waals surface area contributed by atoms with Gasteiger partial charge in [0.25, 0.3) is 0 Å². The fourth-order valence-corrected chi connectivity index (χ4v) is 3.42. The second kappa shape index (κ2) is 6.15. The topological polar surface area (TPSA) is 129 Å². The first kappa shape index (κ1) is 16.9. The van der Waals surface area contributed by atoms with E-state index in [1.54, 1.807) is 0 Å². The molecule has 3 N–H and O–H groups in total. The van der Waals surface area contributed by atoms with Crippen LogP contribution >= 0.6 is 0 Å². The number of rotatable bonds is 5. The minimum atomic E-state index is -4.25. The fourth-order valence-electron chi connectivity index (χ4n) is 2.23. The molecule has 1 unspecified atom stereocenters. The maximum absolute atomic E-state index is 13.0. The van der Waals surface area contributed by atoms with Crippen LogP contribution in [0.5, 0.6) is 0 Å². The van der Waals surface area contributed by atoms with Crippen LogP contribution in [0.25, 0.3) is 11.1 Å². The lowest BCUT2D eigenvalue weighted by molar-refractivity contribution is -0.139. The van der Waals surface area contributed by atoms with Gasteiger partial charge in [0.15, 0.2) is 5.58 Å². The molecule has 2 aromatic carbocycles. The summed E-state index contributed by atoms with van der Waals surface area (Å²) in [6.45, 7) is 0. The molecule has 0 saturated carbocycles. The standard InChI is InChI=1S/C15H11FN2O6S/c16-9-3-1-8(2-4-9)13(14(19)20)18-25(22,23)10-5-6-11-12(7-10)24-15(21)17-11/h1-7,13,18H,(H,17,21)(H,19,20). The Morgan fingerprint density at radius 3 is 2.52 bits per heavy atom. The van der Waals surface area contributed by atoms with Gasteiger partial charge in [-0.2, -0.15) is 4.72 Å². The summed E-state index contributed by atoms with van der Waals surface area (Å²) in [6, 6.07) is 6.40. The molecule has 25 heavy (non-hydrogen) atoms. The van der Waals surface area contributed by atoms with Crippen molar-refractivity contribution < 1.29 is 27.1 Å². The van der Waals surface area contributed by atoms with Crippen molar-refractivity contribution in [2.24, 2.45) is 0 Å². The molecular weight excluding hydrogens is 355 g/mol. The molecule has 0 aliphatic carbocycles. The second-order valence-electron chi connectivity index (χ2n) is 5.12. The molecule has 8 nitrogen and oxygen atoms in total. The van der Waals surface area contributed by atoms with Crippen molar-refractivity contribution in [1.29, 1.82) is 0 Å². The van der Waals surface area contributed by atoms with Crippen LogP contribution in [-0.4, -0.2) is 24.5 Å². The van der Waals surface area contributed by atoms with E-state index in [2.05, 4.69) is 4.98 Å². The lowest BCUT2D eigenvalue weighted by Gasteiger charge is -2.15.